The highest BCUT2D eigenvalue weighted by Crippen LogP contribution is 2.43. The summed E-state index contributed by atoms with van der Waals surface area (Å²) >= 11 is 0. The lowest BCUT2D eigenvalue weighted by Crippen LogP contribution is -2.35. The molecule has 1 atom stereocenters. The van der Waals surface area contributed by atoms with Gasteiger partial charge in [-0.15, -0.1) is 0 Å². The van der Waals surface area contributed by atoms with E-state index >= 15 is 0 Å². The average molecular weight is 493 g/mol. The van der Waals surface area contributed by atoms with Crippen molar-refractivity contribution >= 4 is 27.7 Å². The van der Waals surface area contributed by atoms with Crippen LogP contribution in [0.5, 0.6) is 5.75 Å². The maximum atomic E-state index is 13.7. The van der Waals surface area contributed by atoms with Gasteiger partial charge in [-0.25, -0.2) is 8.42 Å². The van der Waals surface area contributed by atoms with E-state index in [2.05, 4.69) is 5.32 Å². The number of sulfonamides is 1. The summed E-state index contributed by atoms with van der Waals surface area (Å²) in [5.74, 6) is 0.148. The number of nitrogens with one attached hydrogen (secondary N) is 1. The van der Waals surface area contributed by atoms with E-state index in [0.717, 1.165) is 16.7 Å². The number of hydrogen-bond donors (Lipinski definition) is 1. The van der Waals surface area contributed by atoms with E-state index in [9.17, 15) is 13.2 Å². The largest absolute Gasteiger partial charge is 0.494 e. The van der Waals surface area contributed by atoms with Crippen molar-refractivity contribution in [3.63, 3.8) is 0 Å². The van der Waals surface area contributed by atoms with Crippen LogP contribution in [0.15, 0.2) is 77.8 Å². The zero-order chi connectivity index (χ0) is 25.0. The third kappa shape index (κ3) is 5.23. The molecule has 1 heterocycles. The van der Waals surface area contributed by atoms with Crippen LogP contribution in [-0.4, -0.2) is 32.3 Å². The first-order valence-corrected chi connectivity index (χ1v) is 12.6. The number of carbonyl (C=O) groups excluding carboxylic acids is 1. The zero-order valence-corrected chi connectivity index (χ0v) is 20.7. The second kappa shape index (κ2) is 10.3. The summed E-state index contributed by atoms with van der Waals surface area (Å²) in [6, 6.07) is 19.3. The van der Waals surface area contributed by atoms with Gasteiger partial charge < -0.3 is 14.8 Å². The van der Waals surface area contributed by atoms with E-state index in [-0.39, 0.29) is 17.4 Å². The molecule has 0 bridgehead atoms. The second-order valence-electron chi connectivity index (χ2n) is 8.31. The molecule has 0 fully saturated rings. The Labute approximate surface area is 206 Å². The van der Waals surface area contributed by atoms with Crippen LogP contribution < -0.4 is 10.1 Å². The molecule has 4 rings (SSSR count). The predicted molar refractivity (Wildman–Crippen MR) is 135 cm³/mol. The van der Waals surface area contributed by atoms with E-state index in [1.807, 2.05) is 43.3 Å². The Bertz CT molecular complexity index is 1340. The minimum atomic E-state index is -3.90. The van der Waals surface area contributed by atoms with Gasteiger partial charge in [0.25, 0.3) is 10.0 Å². The molecule has 1 aliphatic rings. The number of nitrogens with zero attached hydrogens (tertiary/aromatic N) is 1. The Balaban J connectivity index is 1.77. The molecule has 3 aromatic carbocycles. The van der Waals surface area contributed by atoms with Crippen LogP contribution in [0.1, 0.15) is 35.2 Å². The van der Waals surface area contributed by atoms with Crippen LogP contribution in [0, 0.1) is 6.92 Å². The minimum absolute atomic E-state index is 0.0806. The Morgan fingerprint density at radius 3 is 2.40 bits per heavy atom. The normalized spacial score (nSPS) is 14.9. The summed E-state index contributed by atoms with van der Waals surface area (Å²) in [7, 11) is -2.40. The number of hydrogen-bond acceptors (Lipinski definition) is 5. The van der Waals surface area contributed by atoms with E-state index in [0.29, 0.717) is 23.6 Å². The summed E-state index contributed by atoms with van der Waals surface area (Å²) in [4.78, 5) is 12.0. The Hall–Kier alpha value is -3.62. The molecule has 0 aromatic heterocycles. The van der Waals surface area contributed by atoms with Crippen LogP contribution in [0.25, 0.3) is 6.08 Å². The van der Waals surface area contributed by atoms with Gasteiger partial charge in [0.1, 0.15) is 5.75 Å². The fourth-order valence-corrected chi connectivity index (χ4v) is 5.54. The number of benzene rings is 3. The van der Waals surface area contributed by atoms with Crippen molar-refractivity contribution in [2.45, 2.75) is 31.4 Å². The molecule has 1 N–H and O–H groups in total. The topological polar surface area (TPSA) is 84.9 Å². The van der Waals surface area contributed by atoms with Crippen LogP contribution in [0.2, 0.25) is 0 Å². The van der Waals surface area contributed by atoms with Crippen molar-refractivity contribution in [2.75, 3.05) is 19.0 Å². The number of aryl methyl sites for hydroxylation is 1. The maximum Gasteiger partial charge on any atom is 0.264 e. The molecule has 0 saturated carbocycles. The van der Waals surface area contributed by atoms with Crippen LogP contribution >= 0.6 is 0 Å². The van der Waals surface area contributed by atoms with Gasteiger partial charge in [0.2, 0.25) is 5.91 Å². The first-order valence-electron chi connectivity index (χ1n) is 11.2. The fourth-order valence-electron chi connectivity index (χ4n) is 4.10. The Morgan fingerprint density at radius 2 is 1.74 bits per heavy atom. The van der Waals surface area contributed by atoms with Gasteiger partial charge in [0.05, 0.1) is 36.9 Å². The molecule has 182 valence electrons. The van der Waals surface area contributed by atoms with Gasteiger partial charge in [-0.1, -0.05) is 54.1 Å². The first-order chi connectivity index (χ1) is 16.8. The highest BCUT2D eigenvalue weighted by Gasteiger charge is 2.36. The third-order valence-electron chi connectivity index (χ3n) is 5.77. The number of ether oxygens (including phenoxy) is 2. The van der Waals surface area contributed by atoms with Gasteiger partial charge in [-0.2, -0.15) is 0 Å². The molecule has 3 aromatic rings. The summed E-state index contributed by atoms with van der Waals surface area (Å²) < 4.78 is 40.5. The zero-order valence-electron chi connectivity index (χ0n) is 19.9. The standard InChI is InChI=1S/C27H28N2O5S/c1-19-9-12-23(13-10-19)35(31,32)29-16-15-22-11-14-24(28-20(2)30)27(33-3)26(22)25(29)18-34-17-21-7-5-4-6-8-21/h4-16,25H,17-18H2,1-3H3,(H,28,30). The van der Waals surface area contributed by atoms with E-state index in [1.54, 1.807) is 42.6 Å². The van der Waals surface area contributed by atoms with E-state index < -0.39 is 16.1 Å². The van der Waals surface area contributed by atoms with Crippen LogP contribution in [0.3, 0.4) is 0 Å². The molecule has 8 heteroatoms. The lowest BCUT2D eigenvalue weighted by atomic mass is 9.95. The highest BCUT2D eigenvalue weighted by atomic mass is 32.2. The van der Waals surface area contributed by atoms with Crippen molar-refractivity contribution in [1.29, 1.82) is 0 Å². The Morgan fingerprint density at radius 1 is 1.03 bits per heavy atom. The van der Waals surface area contributed by atoms with Gasteiger partial charge >= 0.3 is 0 Å². The summed E-state index contributed by atoms with van der Waals surface area (Å²) in [5, 5.41) is 2.77. The smallest absolute Gasteiger partial charge is 0.264 e. The van der Waals surface area contributed by atoms with Crippen molar-refractivity contribution in [1.82, 2.24) is 4.31 Å². The molecule has 1 unspecified atom stereocenters. The summed E-state index contributed by atoms with van der Waals surface area (Å²) in [6.07, 6.45) is 3.29. The van der Waals surface area contributed by atoms with Crippen LogP contribution in [-0.2, 0) is 26.2 Å². The molecule has 0 spiro atoms. The number of rotatable bonds is 8. The van der Waals surface area contributed by atoms with Crippen molar-refractivity contribution in [3.8, 4) is 5.75 Å². The number of carbonyl (C=O) groups is 1. The number of amides is 1. The van der Waals surface area contributed by atoms with Gasteiger partial charge in [-0.05, 0) is 42.3 Å². The van der Waals surface area contributed by atoms with Crippen LogP contribution in [0.4, 0.5) is 5.69 Å². The van der Waals surface area contributed by atoms with Gasteiger partial charge in [-0.3, -0.25) is 9.10 Å². The predicted octanol–water partition coefficient (Wildman–Crippen LogP) is 4.90. The molecule has 0 saturated heterocycles. The number of methoxy groups -OCH3 is 1. The first kappa shape index (κ1) is 24.5. The molecule has 1 aliphatic heterocycles. The molecule has 7 nitrogen and oxygen atoms in total. The second-order valence-corrected chi connectivity index (χ2v) is 10.2. The van der Waals surface area contributed by atoms with Gasteiger partial charge in [0.15, 0.2) is 0 Å². The van der Waals surface area contributed by atoms with Crippen molar-refractivity contribution in [3.05, 3.63) is 95.2 Å². The minimum Gasteiger partial charge on any atom is -0.494 e. The Kier molecular flexibility index (Phi) is 7.23. The molecule has 35 heavy (non-hydrogen) atoms. The van der Waals surface area contributed by atoms with Gasteiger partial charge in [0, 0.05) is 18.7 Å². The average Bonchev–Trinajstić information content (AvgIpc) is 2.84. The number of anilines is 1. The quantitative estimate of drug-likeness (QED) is 0.484. The molecular formula is C27H28N2O5S. The highest BCUT2D eigenvalue weighted by molar-refractivity contribution is 7.89. The lowest BCUT2D eigenvalue weighted by molar-refractivity contribution is -0.114. The van der Waals surface area contributed by atoms with E-state index in [4.69, 9.17) is 9.47 Å². The number of fused-ring (bicyclic) bond motifs is 1. The maximum absolute atomic E-state index is 13.7. The fraction of sp³-hybridized carbons (Fsp3) is 0.222. The molecule has 1 amide bonds. The SMILES string of the molecule is COc1c(NC(C)=O)ccc2c1C(COCc1ccccc1)N(S(=O)(=O)c1ccc(C)cc1)C=C2. The summed E-state index contributed by atoms with van der Waals surface area (Å²) in [6.45, 7) is 3.72. The molecule has 0 radical (unpaired) electrons. The van der Waals surface area contributed by atoms with Crippen molar-refractivity contribution < 1.29 is 22.7 Å². The van der Waals surface area contributed by atoms with E-state index in [1.165, 1.54) is 18.3 Å². The van der Waals surface area contributed by atoms with Crippen molar-refractivity contribution in [2.24, 2.45) is 0 Å². The third-order valence-corrected chi connectivity index (χ3v) is 7.57. The lowest BCUT2D eigenvalue weighted by Gasteiger charge is -2.35. The molecular weight excluding hydrogens is 464 g/mol. The summed E-state index contributed by atoms with van der Waals surface area (Å²) in [5.41, 5.74) is 3.83. The molecule has 0 aliphatic carbocycles. The monoisotopic (exact) mass is 492 g/mol.